The lowest BCUT2D eigenvalue weighted by atomic mass is 10.2. The molecule has 0 spiro atoms. The highest BCUT2D eigenvalue weighted by Crippen LogP contribution is 2.21. The average Bonchev–Trinajstić information content (AvgIpc) is 2.93. The number of anilines is 1. The lowest BCUT2D eigenvalue weighted by Crippen LogP contribution is -2.15. The van der Waals surface area contributed by atoms with Gasteiger partial charge in [0.05, 0.1) is 19.5 Å². The fourth-order valence-corrected chi connectivity index (χ4v) is 2.43. The van der Waals surface area contributed by atoms with Gasteiger partial charge in [0.15, 0.2) is 11.5 Å². The number of hydrogen-bond acceptors (Lipinski definition) is 4. The number of esters is 1. The number of nitrogens with one attached hydrogen (secondary N) is 1. The Labute approximate surface area is 141 Å². The Bertz CT molecular complexity index is 655. The highest BCUT2D eigenvalue weighted by Gasteiger charge is 2.20. The van der Waals surface area contributed by atoms with E-state index in [0.29, 0.717) is 29.7 Å². The first-order valence-corrected chi connectivity index (χ1v) is 8.24. The lowest BCUT2D eigenvalue weighted by Gasteiger charge is -2.11. The molecule has 0 amide bonds. The minimum absolute atomic E-state index is 0.324. The van der Waals surface area contributed by atoms with Gasteiger partial charge < -0.3 is 14.6 Å². The van der Waals surface area contributed by atoms with Gasteiger partial charge in [0, 0.05) is 11.6 Å². The Morgan fingerprint density at radius 1 is 1.35 bits per heavy atom. The van der Waals surface area contributed by atoms with Crippen molar-refractivity contribution in [1.29, 1.82) is 0 Å². The molecule has 2 aromatic rings. The highest BCUT2D eigenvalue weighted by molar-refractivity contribution is 6.31. The normalized spacial score (nSPS) is 10.6. The van der Waals surface area contributed by atoms with E-state index in [1.165, 1.54) is 0 Å². The predicted molar refractivity (Wildman–Crippen MR) is 92.1 cm³/mol. The second-order valence-corrected chi connectivity index (χ2v) is 5.57. The molecule has 0 saturated carbocycles. The van der Waals surface area contributed by atoms with Gasteiger partial charge in [0.2, 0.25) is 0 Å². The number of imidazole rings is 1. The van der Waals surface area contributed by atoms with E-state index >= 15 is 0 Å². The molecule has 0 radical (unpaired) electrons. The van der Waals surface area contributed by atoms with Crippen molar-refractivity contribution >= 4 is 23.4 Å². The minimum atomic E-state index is -0.379. The zero-order valence-corrected chi connectivity index (χ0v) is 14.3. The van der Waals surface area contributed by atoms with E-state index in [0.717, 1.165) is 24.9 Å². The maximum Gasteiger partial charge on any atom is 0.358 e. The molecule has 0 fully saturated rings. The Kier molecular flexibility index (Phi) is 6.47. The summed E-state index contributed by atoms with van der Waals surface area (Å²) in [6.07, 6.45) is 3.73. The van der Waals surface area contributed by atoms with Crippen molar-refractivity contribution in [2.75, 3.05) is 18.5 Å². The predicted octanol–water partition coefficient (Wildman–Crippen LogP) is 3.97. The van der Waals surface area contributed by atoms with E-state index in [-0.39, 0.29) is 5.97 Å². The van der Waals surface area contributed by atoms with E-state index in [4.69, 9.17) is 16.3 Å². The maximum absolute atomic E-state index is 12.3. The third kappa shape index (κ3) is 4.48. The van der Waals surface area contributed by atoms with Gasteiger partial charge in [-0.05, 0) is 25.0 Å². The van der Waals surface area contributed by atoms with Crippen LogP contribution < -0.4 is 5.32 Å². The van der Waals surface area contributed by atoms with Gasteiger partial charge in [-0.2, -0.15) is 0 Å². The number of ether oxygens (including phenoxy) is 1. The van der Waals surface area contributed by atoms with Crippen LogP contribution in [-0.2, 0) is 11.3 Å². The maximum atomic E-state index is 12.3. The number of unbranched alkanes of at least 4 members (excludes halogenated alkanes) is 1. The summed E-state index contributed by atoms with van der Waals surface area (Å²) in [7, 11) is 0. The van der Waals surface area contributed by atoms with Gasteiger partial charge in [0.1, 0.15) is 0 Å². The van der Waals surface area contributed by atoms with E-state index < -0.39 is 0 Å². The molecule has 1 aromatic heterocycles. The highest BCUT2D eigenvalue weighted by atomic mass is 35.5. The van der Waals surface area contributed by atoms with Crippen molar-refractivity contribution in [3.8, 4) is 0 Å². The van der Waals surface area contributed by atoms with Crippen LogP contribution in [0.1, 0.15) is 42.7 Å². The molecule has 1 heterocycles. The van der Waals surface area contributed by atoms with Gasteiger partial charge in [-0.15, -0.1) is 0 Å². The fourth-order valence-electron chi connectivity index (χ4n) is 2.24. The van der Waals surface area contributed by atoms with Crippen molar-refractivity contribution < 1.29 is 9.53 Å². The van der Waals surface area contributed by atoms with Crippen LogP contribution in [0.15, 0.2) is 30.6 Å². The molecule has 5 nitrogen and oxygen atoms in total. The lowest BCUT2D eigenvalue weighted by molar-refractivity contribution is 0.0515. The van der Waals surface area contributed by atoms with Gasteiger partial charge in [-0.1, -0.05) is 43.1 Å². The van der Waals surface area contributed by atoms with Crippen molar-refractivity contribution in [3.05, 3.63) is 46.9 Å². The third-order valence-electron chi connectivity index (χ3n) is 3.43. The van der Waals surface area contributed by atoms with Crippen LogP contribution in [0.3, 0.4) is 0 Å². The summed E-state index contributed by atoms with van der Waals surface area (Å²) in [5.74, 6) is 0.181. The number of aromatic nitrogens is 2. The number of carbonyl (C=O) groups excluding carboxylic acids is 1. The zero-order valence-electron chi connectivity index (χ0n) is 13.5. The summed E-state index contributed by atoms with van der Waals surface area (Å²) in [4.78, 5) is 16.6. The van der Waals surface area contributed by atoms with Crippen molar-refractivity contribution in [3.63, 3.8) is 0 Å². The fraction of sp³-hybridized carbons (Fsp3) is 0.412. The molecule has 2 rings (SSSR count). The summed E-state index contributed by atoms with van der Waals surface area (Å²) in [5.41, 5.74) is 1.36. The van der Waals surface area contributed by atoms with Crippen molar-refractivity contribution in [1.82, 2.24) is 9.55 Å². The molecule has 1 aromatic carbocycles. The minimum Gasteiger partial charge on any atom is -0.461 e. The average molecular weight is 336 g/mol. The van der Waals surface area contributed by atoms with E-state index in [1.807, 2.05) is 24.3 Å². The number of nitrogens with zero attached hydrogens (tertiary/aromatic N) is 2. The number of halogens is 1. The number of rotatable bonds is 8. The summed E-state index contributed by atoms with van der Waals surface area (Å²) in [6, 6.07) is 7.56. The first-order chi connectivity index (χ1) is 11.2. The van der Waals surface area contributed by atoms with E-state index in [2.05, 4.69) is 17.2 Å². The smallest absolute Gasteiger partial charge is 0.358 e. The first-order valence-electron chi connectivity index (χ1n) is 7.86. The van der Waals surface area contributed by atoms with Gasteiger partial charge in [0.25, 0.3) is 0 Å². The van der Waals surface area contributed by atoms with Crippen LogP contribution in [0.5, 0.6) is 0 Å². The quantitative estimate of drug-likeness (QED) is 0.585. The molecule has 0 atom stereocenters. The molecule has 0 aliphatic heterocycles. The number of carbonyl (C=O) groups is 1. The molecule has 0 saturated heterocycles. The molecule has 124 valence electrons. The summed E-state index contributed by atoms with van der Waals surface area (Å²) < 4.78 is 6.94. The zero-order chi connectivity index (χ0) is 16.7. The molecular weight excluding hydrogens is 314 g/mol. The standard InChI is InChI=1S/C17H22ClN3O2/c1-3-5-10-19-16-15(17(22)23-4-2)21(12-20-16)11-13-8-6-7-9-14(13)18/h6-9,12,19H,3-5,10-11H2,1-2H3. The molecule has 0 bridgehead atoms. The number of benzene rings is 1. The Hall–Kier alpha value is -2.01. The Morgan fingerprint density at radius 2 is 2.13 bits per heavy atom. The molecule has 0 aliphatic rings. The van der Waals surface area contributed by atoms with Crippen molar-refractivity contribution in [2.45, 2.75) is 33.2 Å². The second-order valence-electron chi connectivity index (χ2n) is 5.16. The van der Waals surface area contributed by atoms with Gasteiger partial charge in [-0.3, -0.25) is 0 Å². The molecule has 23 heavy (non-hydrogen) atoms. The van der Waals surface area contributed by atoms with Gasteiger partial charge >= 0.3 is 5.97 Å². The Morgan fingerprint density at radius 3 is 2.83 bits per heavy atom. The topological polar surface area (TPSA) is 56.2 Å². The molecular formula is C17H22ClN3O2. The first kappa shape index (κ1) is 17.3. The third-order valence-corrected chi connectivity index (χ3v) is 3.80. The largest absolute Gasteiger partial charge is 0.461 e. The Balaban J connectivity index is 2.27. The molecule has 0 unspecified atom stereocenters. The second kappa shape index (κ2) is 8.58. The number of hydrogen-bond donors (Lipinski definition) is 1. The van der Waals surface area contributed by atoms with Crippen LogP contribution in [0, 0.1) is 0 Å². The van der Waals surface area contributed by atoms with Crippen molar-refractivity contribution in [2.24, 2.45) is 0 Å². The van der Waals surface area contributed by atoms with Crippen LogP contribution in [-0.4, -0.2) is 28.7 Å². The SMILES string of the molecule is CCCCNc1ncn(Cc2ccccc2Cl)c1C(=O)OCC. The molecule has 6 heteroatoms. The molecule has 0 aliphatic carbocycles. The molecule has 1 N–H and O–H groups in total. The van der Waals surface area contributed by atoms with Crippen LogP contribution >= 0.6 is 11.6 Å². The van der Waals surface area contributed by atoms with Crippen LogP contribution in [0.4, 0.5) is 5.82 Å². The van der Waals surface area contributed by atoms with E-state index in [1.54, 1.807) is 17.8 Å². The summed E-state index contributed by atoms with van der Waals surface area (Å²) in [5, 5.41) is 3.87. The van der Waals surface area contributed by atoms with Gasteiger partial charge in [-0.25, -0.2) is 9.78 Å². The summed E-state index contributed by atoms with van der Waals surface area (Å²) >= 11 is 6.21. The summed E-state index contributed by atoms with van der Waals surface area (Å²) in [6.45, 7) is 5.47. The monoisotopic (exact) mass is 335 g/mol. The van der Waals surface area contributed by atoms with Crippen LogP contribution in [0.2, 0.25) is 5.02 Å². The van der Waals surface area contributed by atoms with E-state index in [9.17, 15) is 4.79 Å². The van der Waals surface area contributed by atoms with Crippen LogP contribution in [0.25, 0.3) is 0 Å².